The van der Waals surface area contributed by atoms with E-state index in [1.54, 1.807) is 44.6 Å². The average molecular weight is 465 g/mol. The maximum absolute atomic E-state index is 11.7. The number of carboxylic acids is 1. The Hall–Kier alpha value is -3.47. The molecule has 0 bridgehead atoms. The minimum Gasteiger partial charge on any atom is -0.477 e. The highest BCUT2D eigenvalue weighted by molar-refractivity contribution is 5.93. The lowest BCUT2D eigenvalue weighted by atomic mass is 10.2. The summed E-state index contributed by atoms with van der Waals surface area (Å²) in [5, 5.41) is 14.2. The van der Waals surface area contributed by atoms with E-state index in [1.807, 2.05) is 21.1 Å². The first kappa shape index (κ1) is 27.6. The second-order valence-electron chi connectivity index (χ2n) is 8.84. The van der Waals surface area contributed by atoms with Gasteiger partial charge in [-0.05, 0) is 60.0 Å². The van der Waals surface area contributed by atoms with Gasteiger partial charge in [-0.2, -0.15) is 0 Å². The first-order valence-electron chi connectivity index (χ1n) is 10.4. The minimum absolute atomic E-state index is 0.0713. The molecule has 0 radical (unpaired) electrons. The van der Waals surface area contributed by atoms with Gasteiger partial charge >= 0.3 is 12.1 Å². The smallest absolute Gasteiger partial charge is 0.412 e. The molecule has 11 nitrogen and oxygen atoms in total. The number of amides is 2. The van der Waals surface area contributed by atoms with Crippen LogP contribution >= 0.6 is 0 Å². The molecule has 2 rings (SSSR count). The number of hydrogen-bond donors (Lipinski definition) is 4. The number of carboxylic acid groups (broad SMARTS) is 1. The Morgan fingerprint density at radius 3 is 2.15 bits per heavy atom. The topological polar surface area (TPSA) is 144 Å². The van der Waals surface area contributed by atoms with E-state index in [4.69, 9.17) is 15.6 Å². The molecule has 5 N–H and O–H groups in total. The Bertz CT molecular complexity index is 955. The molecule has 0 aliphatic carbocycles. The van der Waals surface area contributed by atoms with Crippen molar-refractivity contribution in [3.8, 4) is 0 Å². The number of carbonyl (C=O) groups is 3. The molecule has 0 saturated carbocycles. The largest absolute Gasteiger partial charge is 0.477 e. The maximum Gasteiger partial charge on any atom is 0.412 e. The van der Waals surface area contributed by atoms with Gasteiger partial charge in [0.2, 0.25) is 0 Å². The van der Waals surface area contributed by atoms with Crippen LogP contribution in [0.5, 0.6) is 0 Å². The number of aromatic nitrogens is 2. The van der Waals surface area contributed by atoms with E-state index < -0.39 is 17.7 Å². The summed E-state index contributed by atoms with van der Waals surface area (Å²) in [5.74, 6) is -1.12. The summed E-state index contributed by atoms with van der Waals surface area (Å²) in [5.41, 5.74) is 6.71. The predicted molar refractivity (Wildman–Crippen MR) is 128 cm³/mol. The second-order valence-corrected chi connectivity index (χ2v) is 8.84. The highest BCUT2D eigenvalue weighted by Crippen LogP contribution is 2.15. The van der Waals surface area contributed by atoms with E-state index in [0.717, 1.165) is 13.0 Å². The number of aryl methyl sites for hydroxylation is 2. The normalized spacial score (nSPS) is 10.9. The number of nitrogen functional groups attached to an aromatic ring is 1. The van der Waals surface area contributed by atoms with E-state index in [0.29, 0.717) is 23.6 Å². The Morgan fingerprint density at radius 2 is 1.70 bits per heavy atom. The molecular weight excluding hydrogens is 428 g/mol. The molecule has 2 heterocycles. The summed E-state index contributed by atoms with van der Waals surface area (Å²) in [4.78, 5) is 36.0. The third-order valence-electron chi connectivity index (χ3n) is 4.20. The van der Waals surface area contributed by atoms with Gasteiger partial charge in [-0.1, -0.05) is 0 Å². The third kappa shape index (κ3) is 10.1. The van der Waals surface area contributed by atoms with Gasteiger partial charge in [0.25, 0.3) is 5.91 Å². The minimum atomic E-state index is -1.05. The van der Waals surface area contributed by atoms with E-state index in [2.05, 4.69) is 15.5 Å². The standard InChI is InChI=1S/C11H20N4O.C11H16N2O4/c1-14(2)6-4-5-13-11(16)10-7-9(12)8-15(10)3;1-11(2,3)17-10(16)12-7-5-8(9(14)15)13(4)6-7/h7-8H,4-6,12H2,1-3H3,(H,13,16);5-6H,1-4H3,(H,12,16)(H,14,15). The van der Waals surface area contributed by atoms with E-state index >= 15 is 0 Å². The summed E-state index contributed by atoms with van der Waals surface area (Å²) in [7, 11) is 7.42. The van der Waals surface area contributed by atoms with Gasteiger partial charge in [0.05, 0.1) is 11.4 Å². The van der Waals surface area contributed by atoms with Crippen molar-refractivity contribution in [2.45, 2.75) is 32.8 Å². The van der Waals surface area contributed by atoms with Gasteiger partial charge in [-0.25, -0.2) is 9.59 Å². The van der Waals surface area contributed by atoms with Crippen molar-refractivity contribution < 1.29 is 24.2 Å². The zero-order valence-electron chi connectivity index (χ0n) is 20.4. The highest BCUT2D eigenvalue weighted by atomic mass is 16.6. The monoisotopic (exact) mass is 464 g/mol. The van der Waals surface area contributed by atoms with Crippen molar-refractivity contribution in [1.82, 2.24) is 19.4 Å². The summed E-state index contributed by atoms with van der Waals surface area (Å²) in [6, 6.07) is 3.05. The lowest BCUT2D eigenvalue weighted by Gasteiger charge is -2.19. The molecule has 11 heteroatoms. The summed E-state index contributed by atoms with van der Waals surface area (Å²) in [6.07, 6.45) is 3.57. The van der Waals surface area contributed by atoms with Crippen LogP contribution in [0.25, 0.3) is 0 Å². The zero-order chi connectivity index (χ0) is 25.3. The van der Waals surface area contributed by atoms with Crippen molar-refractivity contribution >= 4 is 29.3 Å². The highest BCUT2D eigenvalue weighted by Gasteiger charge is 2.18. The molecule has 0 atom stereocenters. The van der Waals surface area contributed by atoms with E-state index in [9.17, 15) is 14.4 Å². The number of anilines is 2. The molecule has 0 aromatic carbocycles. The Morgan fingerprint density at radius 1 is 1.09 bits per heavy atom. The van der Waals surface area contributed by atoms with Crippen molar-refractivity contribution in [2.24, 2.45) is 14.1 Å². The molecule has 2 aromatic heterocycles. The van der Waals surface area contributed by atoms with Crippen molar-refractivity contribution in [3.63, 3.8) is 0 Å². The number of carbonyl (C=O) groups excluding carboxylic acids is 2. The van der Waals surface area contributed by atoms with Crippen LogP contribution in [-0.2, 0) is 18.8 Å². The fourth-order valence-electron chi connectivity index (χ4n) is 2.77. The average Bonchev–Trinajstić information content (AvgIpc) is 3.18. The molecule has 0 unspecified atom stereocenters. The molecule has 2 aromatic rings. The van der Waals surface area contributed by atoms with Crippen molar-refractivity contribution in [2.75, 3.05) is 38.2 Å². The molecule has 0 fully saturated rings. The van der Waals surface area contributed by atoms with Crippen LogP contribution in [0.15, 0.2) is 24.5 Å². The Labute approximate surface area is 194 Å². The van der Waals surface area contributed by atoms with Gasteiger partial charge in [-0.15, -0.1) is 0 Å². The van der Waals surface area contributed by atoms with Crippen LogP contribution in [-0.4, -0.2) is 69.9 Å². The zero-order valence-corrected chi connectivity index (χ0v) is 20.4. The van der Waals surface area contributed by atoms with Gasteiger partial charge in [0, 0.05) is 33.0 Å². The Kier molecular flexibility index (Phi) is 9.99. The maximum atomic E-state index is 11.7. The van der Waals surface area contributed by atoms with Gasteiger partial charge < -0.3 is 34.9 Å². The molecular formula is C22H36N6O5. The van der Waals surface area contributed by atoms with Crippen LogP contribution < -0.4 is 16.4 Å². The molecule has 0 aliphatic rings. The fraction of sp³-hybridized carbons (Fsp3) is 0.500. The van der Waals surface area contributed by atoms with Crippen LogP contribution in [0.1, 0.15) is 48.2 Å². The van der Waals surface area contributed by atoms with Gasteiger partial charge in [0.15, 0.2) is 0 Å². The lowest BCUT2D eigenvalue weighted by Crippen LogP contribution is -2.28. The molecule has 0 spiro atoms. The molecule has 33 heavy (non-hydrogen) atoms. The van der Waals surface area contributed by atoms with Crippen molar-refractivity contribution in [3.05, 3.63) is 35.9 Å². The number of nitrogens with two attached hydrogens (primary N) is 1. The van der Waals surface area contributed by atoms with Gasteiger partial charge in [-0.3, -0.25) is 10.1 Å². The molecule has 0 saturated heterocycles. The number of nitrogens with zero attached hydrogens (tertiary/aromatic N) is 3. The SMILES string of the molecule is CN(C)CCCNC(=O)c1cc(N)cn1C.Cn1cc(NC(=O)OC(C)(C)C)cc1C(=O)O. The Balaban J connectivity index is 0.000000331. The third-order valence-corrected chi connectivity index (χ3v) is 4.20. The molecule has 0 aliphatic heterocycles. The van der Waals surface area contributed by atoms with Crippen LogP contribution in [0.2, 0.25) is 0 Å². The van der Waals surface area contributed by atoms with Crippen LogP contribution in [0, 0.1) is 0 Å². The second kappa shape index (κ2) is 12.0. The van der Waals surface area contributed by atoms with E-state index in [-0.39, 0.29) is 11.6 Å². The number of hydrogen-bond acceptors (Lipinski definition) is 6. The lowest BCUT2D eigenvalue weighted by molar-refractivity contribution is 0.0633. The quantitative estimate of drug-likeness (QED) is 0.460. The molecule has 184 valence electrons. The number of aromatic carboxylic acids is 1. The first-order chi connectivity index (χ1) is 15.2. The van der Waals surface area contributed by atoms with Crippen molar-refractivity contribution in [1.29, 1.82) is 0 Å². The van der Waals surface area contributed by atoms with Crippen LogP contribution in [0.3, 0.4) is 0 Å². The predicted octanol–water partition coefficient (Wildman–Crippen LogP) is 2.36. The number of ether oxygens (including phenoxy) is 1. The summed E-state index contributed by atoms with van der Waals surface area (Å²) >= 11 is 0. The van der Waals surface area contributed by atoms with E-state index in [1.165, 1.54) is 16.8 Å². The number of nitrogens with one attached hydrogen (secondary N) is 2. The van der Waals surface area contributed by atoms with Crippen LogP contribution in [0.4, 0.5) is 16.2 Å². The van der Waals surface area contributed by atoms with Gasteiger partial charge in [0.1, 0.15) is 17.0 Å². The number of rotatable bonds is 7. The summed E-state index contributed by atoms with van der Waals surface area (Å²) < 4.78 is 8.19. The summed E-state index contributed by atoms with van der Waals surface area (Å²) in [6.45, 7) is 6.90. The first-order valence-corrected chi connectivity index (χ1v) is 10.4. The molecule has 2 amide bonds. The fourth-order valence-corrected chi connectivity index (χ4v) is 2.77.